The standard InChI is InChI=1S/C16H21N3O3S/c20-15(17-6-3-7-19-8-10-21-11-9-19)12-23-16-18-13-4-1-2-5-14(13)22-16/h1-2,4-5H,3,6-12H2,(H,17,20). The van der Waals surface area contributed by atoms with Crippen molar-refractivity contribution in [2.45, 2.75) is 11.6 Å². The van der Waals surface area contributed by atoms with Crippen molar-refractivity contribution in [3.05, 3.63) is 24.3 Å². The number of morpholine rings is 1. The predicted octanol–water partition coefficient (Wildman–Crippen LogP) is 1.76. The first-order valence-corrected chi connectivity index (χ1v) is 8.85. The van der Waals surface area contributed by atoms with E-state index in [4.69, 9.17) is 9.15 Å². The minimum atomic E-state index is 0.0132. The van der Waals surface area contributed by atoms with E-state index in [9.17, 15) is 4.79 Å². The van der Waals surface area contributed by atoms with Crippen LogP contribution in [0.25, 0.3) is 11.1 Å². The van der Waals surface area contributed by atoms with Crippen LogP contribution in [0.3, 0.4) is 0 Å². The fourth-order valence-corrected chi connectivity index (χ4v) is 3.11. The summed E-state index contributed by atoms with van der Waals surface area (Å²) in [5, 5.41) is 3.48. The molecule has 23 heavy (non-hydrogen) atoms. The van der Waals surface area contributed by atoms with Crippen LogP contribution in [0.1, 0.15) is 6.42 Å². The minimum Gasteiger partial charge on any atom is -0.431 e. The number of benzene rings is 1. The number of fused-ring (bicyclic) bond motifs is 1. The average Bonchev–Trinajstić information content (AvgIpc) is 3.01. The number of hydrogen-bond donors (Lipinski definition) is 1. The Labute approximate surface area is 139 Å². The SMILES string of the molecule is O=C(CSc1nc2ccccc2o1)NCCCN1CCOCC1. The molecule has 1 amide bonds. The molecule has 1 aliphatic heterocycles. The molecule has 0 aliphatic carbocycles. The van der Waals surface area contributed by atoms with Gasteiger partial charge >= 0.3 is 0 Å². The number of para-hydroxylation sites is 2. The van der Waals surface area contributed by atoms with Gasteiger partial charge < -0.3 is 14.5 Å². The largest absolute Gasteiger partial charge is 0.431 e. The number of ether oxygens (including phenoxy) is 1. The van der Waals surface area contributed by atoms with Crippen molar-refractivity contribution in [1.82, 2.24) is 15.2 Å². The normalized spacial score (nSPS) is 15.8. The van der Waals surface area contributed by atoms with E-state index in [-0.39, 0.29) is 5.91 Å². The van der Waals surface area contributed by atoms with Gasteiger partial charge in [-0.05, 0) is 25.1 Å². The van der Waals surface area contributed by atoms with E-state index >= 15 is 0 Å². The molecule has 0 bridgehead atoms. The first-order chi connectivity index (χ1) is 11.3. The molecule has 0 unspecified atom stereocenters. The van der Waals surface area contributed by atoms with Gasteiger partial charge in [0, 0.05) is 19.6 Å². The van der Waals surface area contributed by atoms with Crippen LogP contribution in [0, 0.1) is 0 Å². The van der Waals surface area contributed by atoms with Crippen LogP contribution in [-0.2, 0) is 9.53 Å². The highest BCUT2D eigenvalue weighted by Crippen LogP contribution is 2.22. The molecule has 124 valence electrons. The lowest BCUT2D eigenvalue weighted by Gasteiger charge is -2.26. The lowest BCUT2D eigenvalue weighted by atomic mass is 10.3. The third-order valence-corrected chi connectivity index (χ3v) is 4.51. The van der Waals surface area contributed by atoms with Gasteiger partial charge in [0.05, 0.1) is 19.0 Å². The van der Waals surface area contributed by atoms with Crippen molar-refractivity contribution < 1.29 is 13.9 Å². The Morgan fingerprint density at radius 1 is 1.30 bits per heavy atom. The summed E-state index contributed by atoms with van der Waals surface area (Å²) in [5.41, 5.74) is 1.57. The van der Waals surface area contributed by atoms with Gasteiger partial charge in [-0.1, -0.05) is 23.9 Å². The molecule has 1 N–H and O–H groups in total. The van der Waals surface area contributed by atoms with E-state index in [2.05, 4.69) is 15.2 Å². The molecule has 1 fully saturated rings. The van der Waals surface area contributed by atoms with Crippen molar-refractivity contribution in [3.8, 4) is 0 Å². The highest BCUT2D eigenvalue weighted by molar-refractivity contribution is 7.99. The van der Waals surface area contributed by atoms with E-state index in [0.717, 1.165) is 50.4 Å². The molecule has 0 spiro atoms. The maximum Gasteiger partial charge on any atom is 0.257 e. The van der Waals surface area contributed by atoms with Crippen molar-refractivity contribution in [3.63, 3.8) is 0 Å². The summed E-state index contributed by atoms with van der Waals surface area (Å²) >= 11 is 1.32. The van der Waals surface area contributed by atoms with Gasteiger partial charge in [0.15, 0.2) is 5.58 Å². The van der Waals surface area contributed by atoms with Crippen molar-refractivity contribution in [2.24, 2.45) is 0 Å². The maximum atomic E-state index is 11.8. The van der Waals surface area contributed by atoms with Crippen molar-refractivity contribution in [2.75, 3.05) is 45.1 Å². The van der Waals surface area contributed by atoms with E-state index in [1.54, 1.807) is 0 Å². The summed E-state index contributed by atoms with van der Waals surface area (Å²) in [6.07, 6.45) is 0.958. The first-order valence-electron chi connectivity index (χ1n) is 7.86. The van der Waals surface area contributed by atoms with Gasteiger partial charge in [-0.15, -0.1) is 0 Å². The Balaban J connectivity index is 1.33. The van der Waals surface area contributed by atoms with E-state index in [1.165, 1.54) is 11.8 Å². The zero-order chi connectivity index (χ0) is 15.9. The molecule has 0 radical (unpaired) electrons. The number of hydrogen-bond acceptors (Lipinski definition) is 6. The Morgan fingerprint density at radius 2 is 2.13 bits per heavy atom. The van der Waals surface area contributed by atoms with E-state index in [1.807, 2.05) is 24.3 Å². The number of carbonyl (C=O) groups is 1. The van der Waals surface area contributed by atoms with Crippen molar-refractivity contribution >= 4 is 28.8 Å². The molecule has 1 aromatic carbocycles. The Kier molecular flexibility index (Phi) is 5.90. The Hall–Kier alpha value is -1.57. The number of nitrogens with zero attached hydrogens (tertiary/aromatic N) is 2. The lowest BCUT2D eigenvalue weighted by Crippen LogP contribution is -2.38. The van der Waals surface area contributed by atoms with Gasteiger partial charge in [-0.2, -0.15) is 0 Å². The van der Waals surface area contributed by atoms with Crippen LogP contribution in [0.5, 0.6) is 0 Å². The number of carbonyl (C=O) groups excluding carboxylic acids is 1. The number of nitrogens with one attached hydrogen (secondary N) is 1. The van der Waals surface area contributed by atoms with Crippen LogP contribution in [0.2, 0.25) is 0 Å². The van der Waals surface area contributed by atoms with Gasteiger partial charge in [0.1, 0.15) is 5.52 Å². The molecule has 1 aromatic heterocycles. The molecule has 6 nitrogen and oxygen atoms in total. The topological polar surface area (TPSA) is 67.6 Å². The van der Waals surface area contributed by atoms with Crippen LogP contribution in [-0.4, -0.2) is 60.9 Å². The van der Waals surface area contributed by atoms with Gasteiger partial charge in [-0.3, -0.25) is 9.69 Å². The average molecular weight is 335 g/mol. The molecule has 2 heterocycles. The molecule has 2 aromatic rings. The number of amides is 1. The third kappa shape index (κ3) is 4.95. The first kappa shape index (κ1) is 16.3. The third-order valence-electron chi connectivity index (χ3n) is 3.68. The zero-order valence-electron chi connectivity index (χ0n) is 13.0. The highest BCUT2D eigenvalue weighted by Gasteiger charge is 2.11. The van der Waals surface area contributed by atoms with Gasteiger partial charge in [-0.25, -0.2) is 4.98 Å². The number of aromatic nitrogens is 1. The second kappa shape index (κ2) is 8.33. The van der Waals surface area contributed by atoms with Gasteiger partial charge in [0.2, 0.25) is 5.91 Å². The summed E-state index contributed by atoms with van der Waals surface area (Å²) < 4.78 is 10.9. The van der Waals surface area contributed by atoms with Crippen LogP contribution in [0.15, 0.2) is 33.9 Å². The fraction of sp³-hybridized carbons (Fsp3) is 0.500. The summed E-state index contributed by atoms with van der Waals surface area (Å²) in [6.45, 7) is 5.30. The molecule has 0 saturated carbocycles. The second-order valence-corrected chi connectivity index (χ2v) is 6.32. The lowest BCUT2D eigenvalue weighted by molar-refractivity contribution is -0.118. The van der Waals surface area contributed by atoms with E-state index < -0.39 is 0 Å². The summed E-state index contributed by atoms with van der Waals surface area (Å²) in [7, 11) is 0. The maximum absolute atomic E-state index is 11.8. The van der Waals surface area contributed by atoms with E-state index in [0.29, 0.717) is 17.5 Å². The molecular weight excluding hydrogens is 314 g/mol. The highest BCUT2D eigenvalue weighted by atomic mass is 32.2. The number of rotatable bonds is 7. The molecule has 7 heteroatoms. The summed E-state index contributed by atoms with van der Waals surface area (Å²) in [5.74, 6) is 0.337. The second-order valence-electron chi connectivity index (χ2n) is 5.39. The molecular formula is C16H21N3O3S. The molecule has 1 saturated heterocycles. The predicted molar refractivity (Wildman–Crippen MR) is 89.6 cm³/mol. The molecule has 0 atom stereocenters. The Bertz CT molecular complexity index is 607. The summed E-state index contributed by atoms with van der Waals surface area (Å²) in [4.78, 5) is 18.6. The van der Waals surface area contributed by atoms with Crippen LogP contribution in [0.4, 0.5) is 0 Å². The van der Waals surface area contributed by atoms with Crippen LogP contribution < -0.4 is 5.32 Å². The molecule has 3 rings (SSSR count). The monoisotopic (exact) mass is 335 g/mol. The van der Waals surface area contributed by atoms with Gasteiger partial charge in [0.25, 0.3) is 5.22 Å². The smallest absolute Gasteiger partial charge is 0.257 e. The Morgan fingerprint density at radius 3 is 2.96 bits per heavy atom. The zero-order valence-corrected chi connectivity index (χ0v) is 13.8. The number of oxazole rings is 1. The molecule has 1 aliphatic rings. The van der Waals surface area contributed by atoms with Crippen LogP contribution >= 0.6 is 11.8 Å². The van der Waals surface area contributed by atoms with Crippen molar-refractivity contribution in [1.29, 1.82) is 0 Å². The quantitative estimate of drug-likeness (QED) is 0.614. The fourth-order valence-electron chi connectivity index (χ4n) is 2.45. The minimum absolute atomic E-state index is 0.0132. The summed E-state index contributed by atoms with van der Waals surface area (Å²) in [6, 6.07) is 7.59. The number of thioether (sulfide) groups is 1.